The van der Waals surface area contributed by atoms with Crippen molar-refractivity contribution in [1.82, 2.24) is 5.32 Å². The maximum Gasteiger partial charge on any atom is 0.220 e. The summed E-state index contributed by atoms with van der Waals surface area (Å²) in [5.74, 6) is -0.253. The maximum atomic E-state index is 13.0. The van der Waals surface area contributed by atoms with Gasteiger partial charge in [0.15, 0.2) is 6.29 Å². The number of hydrogen-bond donors (Lipinski definition) is 7. The Morgan fingerprint density at radius 1 is 0.534 bits per heavy atom. The molecule has 1 aliphatic heterocycles. The molecule has 1 rings (SSSR count). The van der Waals surface area contributed by atoms with Crippen LogP contribution in [0.4, 0.5) is 0 Å². The minimum Gasteiger partial charge on any atom is -0.394 e. The molecule has 8 atom stereocenters. The normalized spacial score (nSPS) is 21.3. The minimum absolute atomic E-state index is 0.253. The molecule has 1 saturated heterocycles. The van der Waals surface area contributed by atoms with Gasteiger partial charge in [0, 0.05) is 6.42 Å². The number of nitrogens with one attached hydrogen (secondary N) is 1. The number of rotatable bonds is 42. The average molecular weight is 830 g/mol. The lowest BCUT2D eigenvalue weighted by Crippen LogP contribution is -2.60. The number of hydrogen-bond acceptors (Lipinski definition) is 9. The van der Waals surface area contributed by atoms with E-state index in [9.17, 15) is 35.4 Å². The first-order chi connectivity index (χ1) is 28.3. The summed E-state index contributed by atoms with van der Waals surface area (Å²) in [4.78, 5) is 13.0. The third kappa shape index (κ3) is 28.6. The molecular formula is C48H95NO9. The predicted octanol–water partition coefficient (Wildman–Crippen LogP) is 9.70. The van der Waals surface area contributed by atoms with Crippen molar-refractivity contribution in [3.05, 3.63) is 0 Å². The molecular weight excluding hydrogens is 735 g/mol. The van der Waals surface area contributed by atoms with Crippen LogP contribution in [0.1, 0.15) is 239 Å². The lowest BCUT2D eigenvalue weighted by atomic mass is 9.98. The molecule has 7 N–H and O–H groups in total. The average Bonchev–Trinajstić information content (AvgIpc) is 3.22. The molecule has 0 spiro atoms. The van der Waals surface area contributed by atoms with Crippen molar-refractivity contribution in [2.75, 3.05) is 13.2 Å². The Hall–Kier alpha value is -0.850. The van der Waals surface area contributed by atoms with E-state index in [1.165, 1.54) is 173 Å². The number of carbonyl (C=O) groups is 1. The van der Waals surface area contributed by atoms with Gasteiger partial charge in [-0.3, -0.25) is 4.79 Å². The molecule has 0 aliphatic carbocycles. The summed E-state index contributed by atoms with van der Waals surface area (Å²) in [6, 6.07) is -0.984. The van der Waals surface area contributed by atoms with Crippen LogP contribution in [0.3, 0.4) is 0 Å². The Kier molecular flexibility index (Phi) is 37.1. The molecule has 0 bridgehead atoms. The maximum absolute atomic E-state index is 13.0. The van der Waals surface area contributed by atoms with Gasteiger partial charge in [-0.1, -0.05) is 219 Å². The summed E-state index contributed by atoms with van der Waals surface area (Å²) >= 11 is 0. The predicted molar refractivity (Wildman–Crippen MR) is 237 cm³/mol. The van der Waals surface area contributed by atoms with Crippen LogP contribution < -0.4 is 5.32 Å². The highest BCUT2D eigenvalue weighted by Gasteiger charge is 2.44. The fourth-order valence-electron chi connectivity index (χ4n) is 8.26. The van der Waals surface area contributed by atoms with Crippen molar-refractivity contribution >= 4 is 5.91 Å². The van der Waals surface area contributed by atoms with Crippen molar-refractivity contribution < 1.29 is 44.9 Å². The molecule has 0 radical (unpaired) electrons. The molecule has 0 aromatic carbocycles. The van der Waals surface area contributed by atoms with Crippen LogP contribution in [0.15, 0.2) is 0 Å². The smallest absolute Gasteiger partial charge is 0.220 e. The summed E-state index contributed by atoms with van der Waals surface area (Å²) in [6.07, 6.45) is 32.6. The van der Waals surface area contributed by atoms with Crippen LogP contribution in [0.5, 0.6) is 0 Å². The van der Waals surface area contributed by atoms with Crippen molar-refractivity contribution in [3.63, 3.8) is 0 Å². The summed E-state index contributed by atoms with van der Waals surface area (Å²) in [7, 11) is 0. The standard InChI is InChI=1S/C48H95NO9/c1-3-5-7-9-11-13-15-17-18-19-20-21-22-23-24-25-27-29-31-33-35-37-43(52)49-40(39-57-48-47(56)46(55)45(54)42(38-50)58-48)44(53)41(51)36-34-32-30-28-26-16-14-12-10-8-6-4-2/h40-42,44-48,50-51,53-56H,3-39H2,1-2H3,(H,49,52)/t40-,41-,42+,44-,45+,46-,47+,48-/m0/s1. The number of unbranched alkanes of at least 4 members (excludes halogenated alkanes) is 31. The van der Waals surface area contributed by atoms with Crippen LogP contribution in [0.2, 0.25) is 0 Å². The zero-order chi connectivity index (χ0) is 42.5. The third-order valence-electron chi connectivity index (χ3n) is 12.3. The minimum atomic E-state index is -1.60. The van der Waals surface area contributed by atoms with Gasteiger partial charge < -0.3 is 45.4 Å². The lowest BCUT2D eigenvalue weighted by Gasteiger charge is -2.40. The number of aliphatic hydroxyl groups excluding tert-OH is 6. The van der Waals surface area contributed by atoms with Crippen molar-refractivity contribution in [2.45, 2.75) is 288 Å². The van der Waals surface area contributed by atoms with Gasteiger partial charge in [-0.2, -0.15) is 0 Å². The Bertz CT molecular complexity index is 895. The lowest BCUT2D eigenvalue weighted by molar-refractivity contribution is -0.303. The van der Waals surface area contributed by atoms with Crippen molar-refractivity contribution in [2.24, 2.45) is 0 Å². The second kappa shape index (κ2) is 39.0. The summed E-state index contributed by atoms with van der Waals surface area (Å²) < 4.78 is 11.2. The Morgan fingerprint density at radius 2 is 0.897 bits per heavy atom. The topological polar surface area (TPSA) is 169 Å². The third-order valence-corrected chi connectivity index (χ3v) is 12.3. The van der Waals surface area contributed by atoms with Crippen LogP contribution in [0, 0.1) is 0 Å². The first-order valence-electron chi connectivity index (χ1n) is 24.8. The van der Waals surface area contributed by atoms with E-state index in [0.29, 0.717) is 6.42 Å². The molecule has 1 amide bonds. The quantitative estimate of drug-likeness (QED) is 0.0296. The molecule has 346 valence electrons. The SMILES string of the molecule is CCCCCCCCCCCCCCCCCCCCCCCC(=O)N[C@@H](CO[C@H]1O[C@H](CO)[C@@H](O)[C@H](O)[C@H]1O)[C@H](O)[C@@H](O)CCCCCCCCCCCCCC. The van der Waals surface area contributed by atoms with Crippen LogP contribution in [-0.4, -0.2) is 98.7 Å². The van der Waals surface area contributed by atoms with Crippen LogP contribution in [0.25, 0.3) is 0 Å². The molecule has 0 unspecified atom stereocenters. The fraction of sp³-hybridized carbons (Fsp3) is 0.979. The van der Waals surface area contributed by atoms with Crippen molar-refractivity contribution in [3.8, 4) is 0 Å². The number of ether oxygens (including phenoxy) is 2. The highest BCUT2D eigenvalue weighted by atomic mass is 16.7. The second-order valence-corrected chi connectivity index (χ2v) is 17.8. The number of carbonyl (C=O) groups excluding carboxylic acids is 1. The van der Waals surface area contributed by atoms with E-state index in [4.69, 9.17) is 9.47 Å². The number of amides is 1. The first-order valence-corrected chi connectivity index (χ1v) is 24.8. The highest BCUT2D eigenvalue weighted by Crippen LogP contribution is 2.23. The van der Waals surface area contributed by atoms with Gasteiger partial charge in [-0.15, -0.1) is 0 Å². The molecule has 10 heteroatoms. The molecule has 10 nitrogen and oxygen atoms in total. The molecule has 1 heterocycles. The van der Waals surface area contributed by atoms with E-state index in [0.717, 1.165) is 38.5 Å². The largest absolute Gasteiger partial charge is 0.394 e. The van der Waals surface area contributed by atoms with Crippen LogP contribution >= 0.6 is 0 Å². The van der Waals surface area contributed by atoms with Gasteiger partial charge in [-0.25, -0.2) is 0 Å². The zero-order valence-electron chi connectivity index (χ0n) is 37.7. The molecule has 0 saturated carbocycles. The Balaban J connectivity index is 2.30. The van der Waals surface area contributed by atoms with Crippen molar-refractivity contribution in [1.29, 1.82) is 0 Å². The first kappa shape index (κ1) is 55.2. The second-order valence-electron chi connectivity index (χ2n) is 17.8. The van der Waals surface area contributed by atoms with E-state index in [-0.39, 0.29) is 18.9 Å². The summed E-state index contributed by atoms with van der Waals surface area (Å²) in [6.45, 7) is 3.62. The molecule has 0 aromatic heterocycles. The highest BCUT2D eigenvalue weighted by molar-refractivity contribution is 5.76. The van der Waals surface area contributed by atoms with Gasteiger partial charge in [0.05, 0.1) is 25.4 Å². The van der Waals surface area contributed by atoms with Gasteiger partial charge >= 0.3 is 0 Å². The van der Waals surface area contributed by atoms with Crippen LogP contribution in [-0.2, 0) is 14.3 Å². The Labute approximate surface area is 356 Å². The van der Waals surface area contributed by atoms with E-state index in [1.807, 2.05) is 0 Å². The number of aliphatic hydroxyl groups is 6. The van der Waals surface area contributed by atoms with E-state index >= 15 is 0 Å². The van der Waals surface area contributed by atoms with E-state index in [1.54, 1.807) is 0 Å². The summed E-state index contributed by atoms with van der Waals surface area (Å²) in [5, 5.41) is 65.2. The monoisotopic (exact) mass is 830 g/mol. The molecule has 58 heavy (non-hydrogen) atoms. The molecule has 0 aromatic rings. The summed E-state index contributed by atoms with van der Waals surface area (Å²) in [5.41, 5.74) is 0. The van der Waals surface area contributed by atoms with Gasteiger partial charge in [0.25, 0.3) is 0 Å². The molecule has 1 aliphatic rings. The zero-order valence-corrected chi connectivity index (χ0v) is 37.7. The van der Waals surface area contributed by atoms with Gasteiger partial charge in [-0.05, 0) is 12.8 Å². The molecule has 1 fully saturated rings. The van der Waals surface area contributed by atoms with Gasteiger partial charge in [0.1, 0.15) is 30.5 Å². The fourth-order valence-corrected chi connectivity index (χ4v) is 8.26. The van der Waals surface area contributed by atoms with E-state index in [2.05, 4.69) is 19.2 Å². The Morgan fingerprint density at radius 3 is 1.28 bits per heavy atom. The van der Waals surface area contributed by atoms with E-state index < -0.39 is 55.6 Å². The van der Waals surface area contributed by atoms with Gasteiger partial charge in [0.2, 0.25) is 5.91 Å².